The van der Waals surface area contributed by atoms with Gasteiger partial charge < -0.3 is 15.6 Å². The number of nitrogens with zero attached hydrogens (tertiary/aromatic N) is 1. The van der Waals surface area contributed by atoms with Crippen molar-refractivity contribution in [3.05, 3.63) is 22.4 Å². The van der Waals surface area contributed by atoms with Crippen molar-refractivity contribution < 1.29 is 4.79 Å². The van der Waals surface area contributed by atoms with Crippen molar-refractivity contribution in [1.29, 1.82) is 0 Å². The molecule has 0 saturated heterocycles. The van der Waals surface area contributed by atoms with E-state index in [4.69, 9.17) is 5.73 Å². The first kappa shape index (κ1) is 14.6. The van der Waals surface area contributed by atoms with E-state index in [-0.39, 0.29) is 11.9 Å². The van der Waals surface area contributed by atoms with E-state index in [0.29, 0.717) is 18.5 Å². The molecule has 1 aliphatic carbocycles. The summed E-state index contributed by atoms with van der Waals surface area (Å²) < 4.78 is 3.03. The van der Waals surface area contributed by atoms with Gasteiger partial charge in [0.25, 0.3) is 5.91 Å². The van der Waals surface area contributed by atoms with Gasteiger partial charge in [0.2, 0.25) is 0 Å². The van der Waals surface area contributed by atoms with E-state index in [1.165, 1.54) is 0 Å². The molecule has 0 bridgehead atoms. The van der Waals surface area contributed by atoms with Crippen LogP contribution in [0.15, 0.2) is 16.7 Å². The Hall–Kier alpha value is -0.810. The third-order valence-corrected chi connectivity index (χ3v) is 3.80. The lowest BCUT2D eigenvalue weighted by Gasteiger charge is -2.19. The molecule has 0 spiro atoms. The highest BCUT2D eigenvalue weighted by Crippen LogP contribution is 2.37. The maximum absolute atomic E-state index is 12.4. The summed E-state index contributed by atoms with van der Waals surface area (Å²) in [5, 5.41) is 3.05. The number of nitrogens with two attached hydrogens (primary N) is 1. The second kappa shape index (κ2) is 6.09. The zero-order valence-electron chi connectivity index (χ0n) is 11.5. The summed E-state index contributed by atoms with van der Waals surface area (Å²) in [4.78, 5) is 12.4. The third kappa shape index (κ3) is 3.83. The van der Waals surface area contributed by atoms with Crippen LogP contribution in [-0.2, 0) is 0 Å². The number of nitrogens with one attached hydrogen (secondary N) is 1. The van der Waals surface area contributed by atoms with Crippen molar-refractivity contribution in [1.82, 2.24) is 9.88 Å². The van der Waals surface area contributed by atoms with Gasteiger partial charge in [-0.2, -0.15) is 0 Å². The second-order valence-corrected chi connectivity index (χ2v) is 6.63. The van der Waals surface area contributed by atoms with Gasteiger partial charge in [-0.3, -0.25) is 4.79 Å². The fourth-order valence-electron chi connectivity index (χ4n) is 2.32. The molecule has 1 fully saturated rings. The lowest BCUT2D eigenvalue weighted by molar-refractivity contribution is 0.0924. The van der Waals surface area contributed by atoms with Crippen LogP contribution in [0, 0.1) is 5.92 Å². The molecule has 1 amide bonds. The summed E-state index contributed by atoms with van der Waals surface area (Å²) in [6.45, 7) is 4.76. The predicted octanol–water partition coefficient (Wildman–Crippen LogP) is 2.69. The molecule has 1 aromatic rings. The molecule has 2 rings (SSSR count). The first-order chi connectivity index (χ1) is 9.01. The smallest absolute Gasteiger partial charge is 0.268 e. The van der Waals surface area contributed by atoms with E-state index < -0.39 is 0 Å². The van der Waals surface area contributed by atoms with Crippen LogP contribution in [0.4, 0.5) is 0 Å². The van der Waals surface area contributed by atoms with Crippen molar-refractivity contribution in [3.63, 3.8) is 0 Å². The zero-order valence-corrected chi connectivity index (χ0v) is 13.1. The summed E-state index contributed by atoms with van der Waals surface area (Å²) in [6.07, 6.45) is 5.22. The van der Waals surface area contributed by atoms with Gasteiger partial charge in [-0.25, -0.2) is 0 Å². The molecular formula is C14H22BrN3O. The molecule has 3 N–H and O–H groups in total. The summed E-state index contributed by atoms with van der Waals surface area (Å²) in [6, 6.07) is 2.43. The highest BCUT2D eigenvalue weighted by Gasteiger charge is 2.28. The summed E-state index contributed by atoms with van der Waals surface area (Å²) >= 11 is 3.45. The van der Waals surface area contributed by atoms with E-state index in [1.807, 2.05) is 12.3 Å². The maximum Gasteiger partial charge on any atom is 0.268 e. The molecule has 1 heterocycles. The molecule has 1 aromatic heterocycles. The fraction of sp³-hybridized carbons (Fsp3) is 0.643. The van der Waals surface area contributed by atoms with Gasteiger partial charge in [0, 0.05) is 29.3 Å². The van der Waals surface area contributed by atoms with Crippen LogP contribution in [0.2, 0.25) is 0 Å². The molecule has 106 valence electrons. The number of hydrogen-bond donors (Lipinski definition) is 2. The minimum Gasteiger partial charge on any atom is -0.347 e. The van der Waals surface area contributed by atoms with Crippen LogP contribution in [0.3, 0.4) is 0 Å². The van der Waals surface area contributed by atoms with Crippen molar-refractivity contribution in [2.45, 2.75) is 45.2 Å². The normalized spacial score (nSPS) is 16.7. The number of carbonyl (C=O) groups is 1. The van der Waals surface area contributed by atoms with E-state index in [0.717, 1.165) is 29.4 Å². The molecule has 0 aromatic carbocycles. The number of hydrogen-bond acceptors (Lipinski definition) is 2. The Labute approximate surface area is 122 Å². The number of halogens is 1. The predicted molar refractivity (Wildman–Crippen MR) is 80.2 cm³/mol. The minimum absolute atomic E-state index is 0.0197. The van der Waals surface area contributed by atoms with E-state index in [9.17, 15) is 4.79 Å². The van der Waals surface area contributed by atoms with Crippen molar-refractivity contribution in [2.75, 3.05) is 6.54 Å². The Kier molecular flexibility index (Phi) is 4.68. The molecule has 1 unspecified atom stereocenters. The van der Waals surface area contributed by atoms with Gasteiger partial charge in [0.1, 0.15) is 5.69 Å². The first-order valence-corrected chi connectivity index (χ1v) is 7.69. The second-order valence-electron chi connectivity index (χ2n) is 5.72. The third-order valence-electron chi connectivity index (χ3n) is 3.36. The quantitative estimate of drug-likeness (QED) is 0.843. The van der Waals surface area contributed by atoms with Crippen LogP contribution in [0.5, 0.6) is 0 Å². The van der Waals surface area contributed by atoms with Crippen LogP contribution in [-0.4, -0.2) is 23.1 Å². The average Bonchev–Trinajstić information content (AvgIpc) is 3.10. The lowest BCUT2D eigenvalue weighted by atomic mass is 10.0. The average molecular weight is 328 g/mol. The van der Waals surface area contributed by atoms with E-state index in [1.54, 1.807) is 0 Å². The number of rotatable bonds is 6. The molecule has 1 aliphatic rings. The first-order valence-electron chi connectivity index (χ1n) is 6.89. The van der Waals surface area contributed by atoms with Crippen LogP contribution >= 0.6 is 15.9 Å². The summed E-state index contributed by atoms with van der Waals surface area (Å²) in [7, 11) is 0. The minimum atomic E-state index is -0.0197. The van der Waals surface area contributed by atoms with Crippen LogP contribution in [0.1, 0.15) is 49.6 Å². The molecule has 4 nitrogen and oxygen atoms in total. The molecular weight excluding hydrogens is 306 g/mol. The van der Waals surface area contributed by atoms with Crippen LogP contribution < -0.4 is 11.1 Å². The summed E-state index contributed by atoms with van der Waals surface area (Å²) in [5.74, 6) is 0.504. The Balaban J connectivity index is 2.06. The zero-order chi connectivity index (χ0) is 14.0. The maximum atomic E-state index is 12.4. The number of aromatic nitrogens is 1. The molecule has 19 heavy (non-hydrogen) atoms. The monoisotopic (exact) mass is 327 g/mol. The molecule has 0 radical (unpaired) electrons. The Morgan fingerprint density at radius 3 is 2.79 bits per heavy atom. The van der Waals surface area contributed by atoms with E-state index in [2.05, 4.69) is 39.7 Å². The van der Waals surface area contributed by atoms with Crippen molar-refractivity contribution in [2.24, 2.45) is 11.7 Å². The fourth-order valence-corrected chi connectivity index (χ4v) is 2.76. The highest BCUT2D eigenvalue weighted by molar-refractivity contribution is 9.10. The molecule has 1 saturated carbocycles. The van der Waals surface area contributed by atoms with Crippen LogP contribution in [0.25, 0.3) is 0 Å². The number of carbonyl (C=O) groups excluding carboxylic acids is 1. The van der Waals surface area contributed by atoms with Crippen molar-refractivity contribution >= 4 is 21.8 Å². The standard InChI is InChI=1S/C14H22BrN3O/c1-9(2)5-11(7-16)17-14(19)13-6-10(15)8-18(13)12-3-4-12/h6,8-9,11-12H,3-5,7,16H2,1-2H3,(H,17,19). The lowest BCUT2D eigenvalue weighted by Crippen LogP contribution is -2.41. The number of amides is 1. The van der Waals surface area contributed by atoms with Gasteiger partial charge >= 0.3 is 0 Å². The molecule has 1 atom stereocenters. The van der Waals surface area contributed by atoms with Gasteiger partial charge in [0.15, 0.2) is 0 Å². The Morgan fingerprint density at radius 1 is 1.58 bits per heavy atom. The topological polar surface area (TPSA) is 60.0 Å². The Morgan fingerprint density at radius 2 is 2.26 bits per heavy atom. The SMILES string of the molecule is CC(C)CC(CN)NC(=O)c1cc(Br)cn1C1CC1. The highest BCUT2D eigenvalue weighted by atomic mass is 79.9. The largest absolute Gasteiger partial charge is 0.347 e. The molecule has 5 heteroatoms. The van der Waals surface area contributed by atoms with Gasteiger partial charge in [-0.15, -0.1) is 0 Å². The van der Waals surface area contributed by atoms with Gasteiger partial charge in [-0.1, -0.05) is 13.8 Å². The van der Waals surface area contributed by atoms with E-state index >= 15 is 0 Å². The van der Waals surface area contributed by atoms with Gasteiger partial charge in [0.05, 0.1) is 0 Å². The van der Waals surface area contributed by atoms with Crippen molar-refractivity contribution in [3.8, 4) is 0 Å². The molecule has 0 aliphatic heterocycles. The Bertz CT molecular complexity index is 452. The van der Waals surface area contributed by atoms with Gasteiger partial charge in [-0.05, 0) is 47.2 Å². The summed E-state index contributed by atoms with van der Waals surface area (Å²) in [5.41, 5.74) is 6.47.